The van der Waals surface area contributed by atoms with Crippen LogP contribution in [0.4, 0.5) is 0 Å². The minimum absolute atomic E-state index is 0.332. The summed E-state index contributed by atoms with van der Waals surface area (Å²) in [6.07, 6.45) is 4.98. The van der Waals surface area contributed by atoms with Crippen molar-refractivity contribution in [2.24, 2.45) is 0 Å². The summed E-state index contributed by atoms with van der Waals surface area (Å²) in [5.41, 5.74) is 2.55. The summed E-state index contributed by atoms with van der Waals surface area (Å²) in [4.78, 5) is 3.94. The Morgan fingerprint density at radius 1 is 0.920 bits per heavy atom. The van der Waals surface area contributed by atoms with E-state index < -0.39 is 0 Å². The average Bonchev–Trinajstić information content (AvgIpc) is 3.34. The third kappa shape index (κ3) is 3.51. The minimum Gasteiger partial charge on any atom is -0.487 e. The van der Waals surface area contributed by atoms with Crippen LogP contribution < -0.4 is 4.74 Å². The molecule has 0 saturated heterocycles. The molecule has 124 valence electrons. The van der Waals surface area contributed by atoms with Gasteiger partial charge in [-0.2, -0.15) is 5.10 Å². The molecule has 0 radical (unpaired) electrons. The highest BCUT2D eigenvalue weighted by Crippen LogP contribution is 2.17. The maximum Gasteiger partial charge on any atom is 0.138 e. The topological polar surface area (TPSA) is 70.7 Å². The molecule has 2 aromatic carbocycles. The molecule has 8 heteroatoms. The molecule has 25 heavy (non-hydrogen) atoms. The monoisotopic (exact) mass is 352 g/mol. The number of rotatable bonds is 5. The fourth-order valence-corrected chi connectivity index (χ4v) is 2.40. The largest absolute Gasteiger partial charge is 0.487 e. The van der Waals surface area contributed by atoms with Gasteiger partial charge < -0.3 is 4.74 Å². The standard InChI is InChI=1S/C17H13ClN6O/c18-13-1-7-17(8-2-13)25-10-14-9-23(22-21-14)15-3-5-16(6-4-15)24-12-19-11-20-24/h1-9,11-12H,10H2. The van der Waals surface area contributed by atoms with Gasteiger partial charge in [0.05, 0.1) is 17.6 Å². The molecule has 2 heterocycles. The van der Waals surface area contributed by atoms with Crippen molar-refractivity contribution in [1.82, 2.24) is 29.8 Å². The average molecular weight is 353 g/mol. The number of aromatic nitrogens is 6. The molecule has 0 saturated carbocycles. The van der Waals surface area contributed by atoms with Crippen molar-refractivity contribution in [2.45, 2.75) is 6.61 Å². The van der Waals surface area contributed by atoms with Crippen LogP contribution in [-0.4, -0.2) is 29.8 Å². The Kier molecular flexibility index (Phi) is 4.14. The molecule has 0 amide bonds. The van der Waals surface area contributed by atoms with Crippen molar-refractivity contribution in [1.29, 1.82) is 0 Å². The summed E-state index contributed by atoms with van der Waals surface area (Å²) in [7, 11) is 0. The SMILES string of the molecule is Clc1ccc(OCc2cn(-c3ccc(-n4cncn4)cc3)nn2)cc1. The van der Waals surface area contributed by atoms with Crippen LogP contribution in [0, 0.1) is 0 Å². The Labute approximate surface area is 148 Å². The van der Waals surface area contributed by atoms with E-state index in [1.165, 1.54) is 6.33 Å². The lowest BCUT2D eigenvalue weighted by Crippen LogP contribution is -1.98. The van der Waals surface area contributed by atoms with Gasteiger partial charge in [-0.05, 0) is 48.5 Å². The van der Waals surface area contributed by atoms with E-state index in [9.17, 15) is 0 Å². The van der Waals surface area contributed by atoms with E-state index in [0.29, 0.717) is 11.6 Å². The zero-order chi connectivity index (χ0) is 17.1. The van der Waals surface area contributed by atoms with Gasteiger partial charge in [-0.3, -0.25) is 0 Å². The van der Waals surface area contributed by atoms with Gasteiger partial charge in [0.15, 0.2) is 0 Å². The van der Waals surface area contributed by atoms with Crippen LogP contribution in [0.5, 0.6) is 5.75 Å². The van der Waals surface area contributed by atoms with E-state index in [0.717, 1.165) is 22.8 Å². The zero-order valence-corrected chi connectivity index (χ0v) is 13.8. The fourth-order valence-electron chi connectivity index (χ4n) is 2.28. The molecule has 0 atom stereocenters. The second-order valence-corrected chi connectivity index (χ2v) is 5.69. The van der Waals surface area contributed by atoms with E-state index in [-0.39, 0.29) is 0 Å². The fraction of sp³-hybridized carbons (Fsp3) is 0.0588. The molecule has 0 fully saturated rings. The van der Waals surface area contributed by atoms with Crippen LogP contribution >= 0.6 is 11.6 Å². The van der Waals surface area contributed by atoms with Gasteiger partial charge in [0.25, 0.3) is 0 Å². The summed E-state index contributed by atoms with van der Waals surface area (Å²) in [6.45, 7) is 0.332. The van der Waals surface area contributed by atoms with Crippen molar-refractivity contribution >= 4 is 11.6 Å². The molecule has 0 bridgehead atoms. The number of benzene rings is 2. The summed E-state index contributed by atoms with van der Waals surface area (Å²) in [6, 6.07) is 15.0. The molecule has 0 spiro atoms. The third-order valence-electron chi connectivity index (χ3n) is 3.54. The first kappa shape index (κ1) is 15.3. The highest BCUT2D eigenvalue weighted by atomic mass is 35.5. The molecule has 0 unspecified atom stereocenters. The van der Waals surface area contributed by atoms with E-state index in [1.807, 2.05) is 42.6 Å². The Balaban J connectivity index is 1.44. The summed E-state index contributed by atoms with van der Waals surface area (Å²) in [5.74, 6) is 0.733. The van der Waals surface area contributed by atoms with Crippen LogP contribution in [0.15, 0.2) is 67.4 Å². The molecule has 4 rings (SSSR count). The Hall–Kier alpha value is -3.19. The summed E-state index contributed by atoms with van der Waals surface area (Å²) < 4.78 is 9.06. The highest BCUT2D eigenvalue weighted by molar-refractivity contribution is 6.30. The van der Waals surface area contributed by atoms with Crippen LogP contribution in [0.25, 0.3) is 11.4 Å². The van der Waals surface area contributed by atoms with Gasteiger partial charge >= 0.3 is 0 Å². The summed E-state index contributed by atoms with van der Waals surface area (Å²) in [5, 5.41) is 13.0. The van der Waals surface area contributed by atoms with Gasteiger partial charge in [-0.15, -0.1) is 5.10 Å². The highest BCUT2D eigenvalue weighted by Gasteiger charge is 2.05. The first-order chi connectivity index (χ1) is 12.3. The van der Waals surface area contributed by atoms with Crippen LogP contribution in [-0.2, 0) is 6.61 Å². The van der Waals surface area contributed by atoms with Gasteiger partial charge in [0.1, 0.15) is 30.7 Å². The lowest BCUT2D eigenvalue weighted by atomic mass is 10.3. The molecule has 7 nitrogen and oxygen atoms in total. The van der Waals surface area contributed by atoms with Gasteiger partial charge in [-0.25, -0.2) is 14.3 Å². The van der Waals surface area contributed by atoms with Crippen LogP contribution in [0.2, 0.25) is 5.02 Å². The number of nitrogens with zero attached hydrogens (tertiary/aromatic N) is 6. The molecule has 4 aromatic rings. The molecule has 0 aliphatic carbocycles. The van der Waals surface area contributed by atoms with Crippen molar-refractivity contribution < 1.29 is 4.74 Å². The van der Waals surface area contributed by atoms with E-state index in [2.05, 4.69) is 20.4 Å². The summed E-state index contributed by atoms with van der Waals surface area (Å²) >= 11 is 5.85. The molecule has 0 N–H and O–H groups in total. The van der Waals surface area contributed by atoms with E-state index in [1.54, 1.807) is 27.8 Å². The van der Waals surface area contributed by atoms with Crippen molar-refractivity contribution in [2.75, 3.05) is 0 Å². The predicted octanol–water partition coefficient (Wildman–Crippen LogP) is 3.08. The van der Waals surface area contributed by atoms with Gasteiger partial charge in [0, 0.05) is 5.02 Å². The molecular weight excluding hydrogens is 340 g/mol. The van der Waals surface area contributed by atoms with Crippen LogP contribution in [0.3, 0.4) is 0 Å². The van der Waals surface area contributed by atoms with Gasteiger partial charge in [-0.1, -0.05) is 16.8 Å². The molecule has 0 aliphatic rings. The van der Waals surface area contributed by atoms with Crippen molar-refractivity contribution in [3.8, 4) is 17.1 Å². The van der Waals surface area contributed by atoms with E-state index >= 15 is 0 Å². The smallest absolute Gasteiger partial charge is 0.138 e. The van der Waals surface area contributed by atoms with Crippen molar-refractivity contribution in [3.05, 3.63) is 78.1 Å². The lowest BCUT2D eigenvalue weighted by molar-refractivity contribution is 0.301. The van der Waals surface area contributed by atoms with Gasteiger partial charge in [0.2, 0.25) is 0 Å². The first-order valence-corrected chi connectivity index (χ1v) is 7.91. The molecule has 2 aromatic heterocycles. The quantitative estimate of drug-likeness (QED) is 0.552. The Morgan fingerprint density at radius 3 is 2.32 bits per heavy atom. The molecular formula is C17H13ClN6O. The Morgan fingerprint density at radius 2 is 1.64 bits per heavy atom. The number of halogens is 1. The van der Waals surface area contributed by atoms with Crippen LogP contribution in [0.1, 0.15) is 5.69 Å². The normalized spacial score (nSPS) is 10.8. The third-order valence-corrected chi connectivity index (χ3v) is 3.79. The molecule has 0 aliphatic heterocycles. The second-order valence-electron chi connectivity index (χ2n) is 5.25. The number of ether oxygens (including phenoxy) is 1. The number of hydrogen-bond acceptors (Lipinski definition) is 5. The zero-order valence-electron chi connectivity index (χ0n) is 13.0. The predicted molar refractivity (Wildman–Crippen MR) is 92.1 cm³/mol. The maximum absolute atomic E-state index is 5.85. The maximum atomic E-state index is 5.85. The lowest BCUT2D eigenvalue weighted by Gasteiger charge is -2.04. The van der Waals surface area contributed by atoms with E-state index in [4.69, 9.17) is 16.3 Å². The Bertz CT molecular complexity index is 948. The second kappa shape index (κ2) is 6.74. The number of hydrogen-bond donors (Lipinski definition) is 0. The first-order valence-electron chi connectivity index (χ1n) is 7.53. The van der Waals surface area contributed by atoms with Crippen molar-refractivity contribution in [3.63, 3.8) is 0 Å². The minimum atomic E-state index is 0.332.